The summed E-state index contributed by atoms with van der Waals surface area (Å²) in [4.78, 5) is 14.8. The maximum Gasteiger partial charge on any atom is 0.229 e. The number of rotatable bonds is 9. The number of aliphatic hydroxyl groups is 2. The second kappa shape index (κ2) is 9.60. The minimum atomic E-state index is -0.765. The Hall–Kier alpha value is -3.08. The molecule has 0 radical (unpaired) electrons. The first kappa shape index (κ1) is 22.1. The monoisotopic (exact) mass is 453 g/mol. The van der Waals surface area contributed by atoms with Crippen LogP contribution in [0.3, 0.4) is 0 Å². The lowest BCUT2D eigenvalue weighted by Gasteiger charge is -2.19. The highest BCUT2D eigenvalue weighted by atomic mass is 32.1. The molecule has 0 aliphatic carbocycles. The van der Waals surface area contributed by atoms with Gasteiger partial charge in [-0.15, -0.1) is 11.3 Å². The lowest BCUT2D eigenvalue weighted by molar-refractivity contribution is 0.132. The molecule has 0 amide bonds. The SMILES string of the molecule is CC(C)c1cnn2c(NCc3ccc(-c4cccs4)nc3)nc(NC(CO)C(C)O)nc12. The molecule has 0 aliphatic rings. The highest BCUT2D eigenvalue weighted by Gasteiger charge is 2.19. The summed E-state index contributed by atoms with van der Waals surface area (Å²) in [6.45, 7) is 6.02. The van der Waals surface area contributed by atoms with Gasteiger partial charge < -0.3 is 20.8 Å². The lowest BCUT2D eigenvalue weighted by atomic mass is 10.1. The zero-order valence-electron chi connectivity index (χ0n) is 18.2. The lowest BCUT2D eigenvalue weighted by Crippen LogP contribution is -2.35. The van der Waals surface area contributed by atoms with Gasteiger partial charge in [0.25, 0.3) is 0 Å². The molecule has 0 fully saturated rings. The summed E-state index contributed by atoms with van der Waals surface area (Å²) in [7, 11) is 0. The molecule has 9 nitrogen and oxygen atoms in total. The number of hydrogen-bond acceptors (Lipinski definition) is 9. The Balaban J connectivity index is 1.60. The first-order valence-electron chi connectivity index (χ1n) is 10.5. The van der Waals surface area contributed by atoms with E-state index in [0.717, 1.165) is 21.7 Å². The molecule has 0 saturated heterocycles. The van der Waals surface area contributed by atoms with E-state index in [4.69, 9.17) is 0 Å². The number of nitrogens with zero attached hydrogens (tertiary/aromatic N) is 5. The molecule has 4 aromatic heterocycles. The summed E-state index contributed by atoms with van der Waals surface area (Å²) >= 11 is 1.66. The highest BCUT2D eigenvalue weighted by Crippen LogP contribution is 2.24. The zero-order valence-corrected chi connectivity index (χ0v) is 19.0. The first-order valence-corrected chi connectivity index (χ1v) is 11.4. The molecule has 32 heavy (non-hydrogen) atoms. The molecule has 2 unspecified atom stereocenters. The number of pyridine rings is 1. The molecule has 0 saturated carbocycles. The van der Waals surface area contributed by atoms with Crippen molar-refractivity contribution in [1.82, 2.24) is 24.6 Å². The maximum atomic E-state index is 9.88. The van der Waals surface area contributed by atoms with Crippen molar-refractivity contribution >= 4 is 28.9 Å². The van der Waals surface area contributed by atoms with Crippen LogP contribution in [0, 0.1) is 0 Å². The average Bonchev–Trinajstić information content (AvgIpc) is 3.46. The van der Waals surface area contributed by atoms with Gasteiger partial charge in [-0.1, -0.05) is 26.0 Å². The second-order valence-electron chi connectivity index (χ2n) is 7.92. The third-order valence-electron chi connectivity index (χ3n) is 5.16. The minimum Gasteiger partial charge on any atom is -0.394 e. The summed E-state index contributed by atoms with van der Waals surface area (Å²) in [5.41, 5.74) is 3.60. The highest BCUT2D eigenvalue weighted by molar-refractivity contribution is 7.13. The average molecular weight is 454 g/mol. The van der Waals surface area contributed by atoms with Crippen LogP contribution in [0.15, 0.2) is 42.0 Å². The summed E-state index contributed by atoms with van der Waals surface area (Å²) in [5, 5.41) is 32.3. The van der Waals surface area contributed by atoms with Gasteiger partial charge >= 0.3 is 0 Å². The van der Waals surface area contributed by atoms with Crippen LogP contribution < -0.4 is 10.6 Å². The number of aromatic nitrogens is 5. The summed E-state index contributed by atoms with van der Waals surface area (Å²) < 4.78 is 1.67. The summed E-state index contributed by atoms with van der Waals surface area (Å²) in [5.74, 6) is 1.05. The molecule has 0 spiro atoms. The van der Waals surface area contributed by atoms with Gasteiger partial charge in [-0.25, -0.2) is 0 Å². The fourth-order valence-electron chi connectivity index (χ4n) is 3.25. The first-order chi connectivity index (χ1) is 15.5. The smallest absolute Gasteiger partial charge is 0.229 e. The Morgan fingerprint density at radius 1 is 1.12 bits per heavy atom. The molecular formula is C22H27N7O2S. The number of aliphatic hydroxyl groups excluding tert-OH is 2. The number of nitrogens with one attached hydrogen (secondary N) is 2. The molecule has 4 rings (SSSR count). The van der Waals surface area contributed by atoms with Gasteiger partial charge in [0, 0.05) is 18.3 Å². The Bertz CT molecular complexity index is 1160. The van der Waals surface area contributed by atoms with Crippen molar-refractivity contribution in [2.45, 2.75) is 45.4 Å². The van der Waals surface area contributed by atoms with Gasteiger partial charge in [0.15, 0.2) is 5.65 Å². The molecule has 4 N–H and O–H groups in total. The predicted molar refractivity (Wildman–Crippen MR) is 126 cm³/mol. The quantitative estimate of drug-likeness (QED) is 0.305. The Morgan fingerprint density at radius 3 is 2.59 bits per heavy atom. The van der Waals surface area contributed by atoms with Crippen molar-refractivity contribution in [3.05, 3.63) is 53.2 Å². The van der Waals surface area contributed by atoms with Crippen LogP contribution >= 0.6 is 11.3 Å². The van der Waals surface area contributed by atoms with Crippen molar-refractivity contribution in [2.24, 2.45) is 0 Å². The molecule has 0 aliphatic heterocycles. The largest absolute Gasteiger partial charge is 0.394 e. The van der Waals surface area contributed by atoms with Crippen molar-refractivity contribution in [2.75, 3.05) is 17.2 Å². The van der Waals surface area contributed by atoms with E-state index in [9.17, 15) is 10.2 Å². The molecular weight excluding hydrogens is 426 g/mol. The zero-order chi connectivity index (χ0) is 22.7. The van der Waals surface area contributed by atoms with Gasteiger partial charge in [-0.3, -0.25) is 4.98 Å². The molecule has 0 aromatic carbocycles. The van der Waals surface area contributed by atoms with Crippen molar-refractivity contribution in [3.8, 4) is 10.6 Å². The molecule has 4 heterocycles. The third-order valence-corrected chi connectivity index (χ3v) is 6.05. The Morgan fingerprint density at radius 2 is 1.97 bits per heavy atom. The number of fused-ring (bicyclic) bond motifs is 1. The number of thiophene rings is 1. The topological polar surface area (TPSA) is 120 Å². The van der Waals surface area contributed by atoms with Gasteiger partial charge in [0.1, 0.15) is 0 Å². The normalized spacial score (nSPS) is 13.4. The van der Waals surface area contributed by atoms with Crippen LogP contribution in [0.2, 0.25) is 0 Å². The van der Waals surface area contributed by atoms with Crippen LogP contribution in [-0.4, -0.2) is 53.5 Å². The van der Waals surface area contributed by atoms with Crippen LogP contribution in [0.4, 0.5) is 11.9 Å². The van der Waals surface area contributed by atoms with Crippen molar-refractivity contribution in [1.29, 1.82) is 0 Å². The molecule has 10 heteroatoms. The van der Waals surface area contributed by atoms with Crippen molar-refractivity contribution < 1.29 is 10.2 Å². The molecule has 168 valence electrons. The Labute approximate surface area is 190 Å². The predicted octanol–water partition coefficient (Wildman–Crippen LogP) is 3.14. The number of anilines is 2. The minimum absolute atomic E-state index is 0.225. The molecule has 4 aromatic rings. The fourth-order valence-corrected chi connectivity index (χ4v) is 3.95. The van der Waals surface area contributed by atoms with E-state index in [2.05, 4.69) is 44.5 Å². The molecule has 2 atom stereocenters. The van der Waals surface area contributed by atoms with E-state index in [1.165, 1.54) is 0 Å². The van der Waals surface area contributed by atoms with Gasteiger partial charge in [0.2, 0.25) is 11.9 Å². The van der Waals surface area contributed by atoms with Gasteiger partial charge in [-0.2, -0.15) is 19.6 Å². The fraction of sp³-hybridized carbons (Fsp3) is 0.364. The van der Waals surface area contributed by atoms with Gasteiger partial charge in [-0.05, 0) is 35.9 Å². The second-order valence-corrected chi connectivity index (χ2v) is 8.87. The van der Waals surface area contributed by atoms with Crippen LogP contribution in [0.1, 0.15) is 37.8 Å². The van der Waals surface area contributed by atoms with E-state index in [-0.39, 0.29) is 12.5 Å². The van der Waals surface area contributed by atoms with E-state index in [1.54, 1.807) is 29.0 Å². The van der Waals surface area contributed by atoms with E-state index in [0.29, 0.717) is 24.1 Å². The summed E-state index contributed by atoms with van der Waals surface area (Å²) in [6, 6.07) is 7.52. The number of hydrogen-bond donors (Lipinski definition) is 4. The van der Waals surface area contributed by atoms with Crippen LogP contribution in [0.25, 0.3) is 16.2 Å². The van der Waals surface area contributed by atoms with E-state index in [1.807, 2.05) is 35.8 Å². The summed E-state index contributed by atoms with van der Waals surface area (Å²) in [6.07, 6.45) is 2.87. The third kappa shape index (κ3) is 4.72. The molecule has 0 bridgehead atoms. The van der Waals surface area contributed by atoms with Gasteiger partial charge in [0.05, 0.1) is 35.5 Å². The van der Waals surface area contributed by atoms with Crippen LogP contribution in [-0.2, 0) is 6.54 Å². The van der Waals surface area contributed by atoms with E-state index >= 15 is 0 Å². The van der Waals surface area contributed by atoms with E-state index < -0.39 is 12.1 Å². The van der Waals surface area contributed by atoms with Crippen LogP contribution in [0.5, 0.6) is 0 Å². The Kier molecular flexibility index (Phi) is 6.63. The van der Waals surface area contributed by atoms with Crippen molar-refractivity contribution in [3.63, 3.8) is 0 Å². The standard InChI is InChI=1S/C22H27N7O2S/c1-13(2)16-11-25-29-20(16)27-21(26-18(12-30)14(3)31)28-22(29)24-10-15-6-7-17(23-9-15)19-5-4-8-32-19/h4-9,11,13-14,18,30-31H,10,12H2,1-3H3,(H2,24,26,27,28). The maximum absolute atomic E-state index is 9.88.